The van der Waals surface area contributed by atoms with Crippen molar-refractivity contribution in [3.8, 4) is 0 Å². The summed E-state index contributed by atoms with van der Waals surface area (Å²) in [6.07, 6.45) is 4.71. The number of piperidine rings is 1. The lowest BCUT2D eigenvalue weighted by Gasteiger charge is -2.47. The second-order valence-electron chi connectivity index (χ2n) is 9.84. The molecule has 0 radical (unpaired) electrons. The average Bonchev–Trinajstić information content (AvgIpc) is 3.15. The van der Waals surface area contributed by atoms with Gasteiger partial charge < -0.3 is 25.5 Å². The molecule has 4 aliphatic rings. The Kier molecular flexibility index (Phi) is 6.85. The summed E-state index contributed by atoms with van der Waals surface area (Å²) in [6.45, 7) is 7.26. The summed E-state index contributed by atoms with van der Waals surface area (Å²) in [5, 5.41) is 25.2. The predicted octanol–water partition coefficient (Wildman–Crippen LogP) is 1.19. The molecule has 3 saturated heterocycles. The summed E-state index contributed by atoms with van der Waals surface area (Å²) >= 11 is 5.60. The molecule has 0 bridgehead atoms. The molecule has 5 N–H and O–H groups in total. The number of nitrogens with one attached hydrogen (secondary N) is 4. The van der Waals surface area contributed by atoms with Gasteiger partial charge in [0.2, 0.25) is 0 Å². The van der Waals surface area contributed by atoms with E-state index in [2.05, 4.69) is 62.3 Å². The molecule has 1 saturated carbocycles. The van der Waals surface area contributed by atoms with E-state index in [0.29, 0.717) is 42.7 Å². The molecular formula is C24H38N6OS. The lowest BCUT2D eigenvalue weighted by molar-refractivity contribution is 0.0914. The number of likely N-dealkylation sites (N-methyl/N-ethyl adjacent to an activating group) is 1. The van der Waals surface area contributed by atoms with Crippen LogP contribution in [-0.4, -0.2) is 72.3 Å². The Hall–Kier alpha value is -1.45. The van der Waals surface area contributed by atoms with Gasteiger partial charge in [0.25, 0.3) is 0 Å². The fourth-order valence-electron chi connectivity index (χ4n) is 6.31. The van der Waals surface area contributed by atoms with E-state index in [1.54, 1.807) is 0 Å². The van der Waals surface area contributed by atoms with Crippen molar-refractivity contribution in [3.63, 3.8) is 0 Å². The maximum absolute atomic E-state index is 9.47. The Morgan fingerprint density at radius 3 is 2.72 bits per heavy atom. The van der Waals surface area contributed by atoms with Crippen LogP contribution in [0.4, 0.5) is 5.69 Å². The highest BCUT2D eigenvalue weighted by atomic mass is 32.1. The minimum absolute atomic E-state index is 0.293. The van der Waals surface area contributed by atoms with Gasteiger partial charge in [-0.25, -0.2) is 0 Å². The lowest BCUT2D eigenvalue weighted by Crippen LogP contribution is -2.66. The van der Waals surface area contributed by atoms with Gasteiger partial charge in [0.05, 0.1) is 12.2 Å². The van der Waals surface area contributed by atoms with Crippen LogP contribution in [0, 0.1) is 11.8 Å². The van der Waals surface area contributed by atoms with Crippen LogP contribution < -0.4 is 26.2 Å². The van der Waals surface area contributed by atoms with Gasteiger partial charge in [-0.15, -0.1) is 0 Å². The Morgan fingerprint density at radius 2 is 1.94 bits per heavy atom. The zero-order valence-corrected chi connectivity index (χ0v) is 19.9. The van der Waals surface area contributed by atoms with Crippen molar-refractivity contribution in [1.29, 1.82) is 0 Å². The van der Waals surface area contributed by atoms with Crippen molar-refractivity contribution in [2.75, 3.05) is 37.8 Å². The number of aliphatic hydroxyl groups excluding tert-OH is 1. The maximum atomic E-state index is 9.47. The number of anilines is 1. The summed E-state index contributed by atoms with van der Waals surface area (Å²) in [7, 11) is 0. The smallest absolute Gasteiger partial charge is 0.169 e. The third kappa shape index (κ3) is 4.35. The van der Waals surface area contributed by atoms with E-state index < -0.39 is 0 Å². The minimum Gasteiger partial charge on any atom is -0.396 e. The third-order valence-corrected chi connectivity index (χ3v) is 8.50. The Morgan fingerprint density at radius 1 is 1.12 bits per heavy atom. The SMILES string of the molecule is CCN1C(=S)NC2CC3C(CC21)NCNC3NCc1ccccc1N1CCC(CO)CC1. The number of fused-ring (bicyclic) bond motifs is 2. The molecule has 1 aliphatic carbocycles. The van der Waals surface area contributed by atoms with Crippen LogP contribution in [-0.2, 0) is 6.54 Å². The summed E-state index contributed by atoms with van der Waals surface area (Å²) in [6, 6.07) is 10.3. The van der Waals surface area contributed by atoms with Crippen LogP contribution in [0.3, 0.4) is 0 Å². The molecule has 32 heavy (non-hydrogen) atoms. The fourth-order valence-corrected chi connectivity index (χ4v) is 6.72. The summed E-state index contributed by atoms with van der Waals surface area (Å²) in [5.41, 5.74) is 2.70. The van der Waals surface area contributed by atoms with Crippen LogP contribution in [0.5, 0.6) is 0 Å². The zero-order valence-electron chi connectivity index (χ0n) is 19.1. The second-order valence-corrected chi connectivity index (χ2v) is 10.2. The summed E-state index contributed by atoms with van der Waals surface area (Å²) in [5.74, 6) is 0.993. The van der Waals surface area contributed by atoms with E-state index in [9.17, 15) is 5.11 Å². The molecule has 0 spiro atoms. The van der Waals surface area contributed by atoms with Gasteiger partial charge in [-0.05, 0) is 62.4 Å². The van der Waals surface area contributed by atoms with Gasteiger partial charge in [0.15, 0.2) is 5.11 Å². The predicted molar refractivity (Wildman–Crippen MR) is 132 cm³/mol. The number of nitrogens with zero attached hydrogens (tertiary/aromatic N) is 2. The molecule has 3 aliphatic heterocycles. The van der Waals surface area contributed by atoms with E-state index in [0.717, 1.165) is 63.6 Å². The minimum atomic E-state index is 0.293. The normalized spacial score (nSPS) is 33.1. The van der Waals surface area contributed by atoms with Gasteiger partial charge in [0, 0.05) is 63.1 Å². The highest BCUT2D eigenvalue weighted by Crippen LogP contribution is 2.35. The molecule has 5 unspecified atom stereocenters. The fraction of sp³-hybridized carbons (Fsp3) is 0.708. The quantitative estimate of drug-likeness (QED) is 0.407. The number of para-hydroxylation sites is 1. The van der Waals surface area contributed by atoms with Crippen molar-refractivity contribution < 1.29 is 5.11 Å². The highest BCUT2D eigenvalue weighted by Gasteiger charge is 2.47. The number of aliphatic hydroxyl groups is 1. The molecule has 1 aromatic carbocycles. The number of hydrogen-bond acceptors (Lipinski definition) is 6. The van der Waals surface area contributed by atoms with Crippen LogP contribution in [0.2, 0.25) is 0 Å². The number of rotatable bonds is 6. The summed E-state index contributed by atoms with van der Waals surface area (Å²) < 4.78 is 0. The van der Waals surface area contributed by atoms with Crippen LogP contribution in [0.25, 0.3) is 0 Å². The first-order valence-electron chi connectivity index (χ1n) is 12.4. The largest absolute Gasteiger partial charge is 0.396 e. The second kappa shape index (κ2) is 9.81. The monoisotopic (exact) mass is 458 g/mol. The van der Waals surface area contributed by atoms with Gasteiger partial charge >= 0.3 is 0 Å². The van der Waals surface area contributed by atoms with Crippen LogP contribution >= 0.6 is 12.2 Å². The molecule has 5 atom stereocenters. The van der Waals surface area contributed by atoms with E-state index in [1.807, 2.05) is 0 Å². The van der Waals surface area contributed by atoms with Gasteiger partial charge in [0.1, 0.15) is 0 Å². The van der Waals surface area contributed by atoms with Crippen molar-refractivity contribution in [1.82, 2.24) is 26.2 Å². The molecule has 3 heterocycles. The van der Waals surface area contributed by atoms with E-state index in [4.69, 9.17) is 12.2 Å². The number of benzene rings is 1. The standard InChI is InChI=1S/C24H38N6OS/c1-2-30-22-12-19-18(11-20(22)28-24(30)32)23(27-15-26-19)25-13-17-5-3-4-6-21(17)29-9-7-16(14-31)8-10-29/h3-6,16,18-20,22-23,25-27,31H,2,7-15H2,1H3,(H,28,32). The first kappa shape index (κ1) is 22.3. The maximum Gasteiger partial charge on any atom is 0.169 e. The third-order valence-electron chi connectivity index (χ3n) is 8.15. The zero-order chi connectivity index (χ0) is 22.1. The molecule has 8 heteroatoms. The molecule has 0 aromatic heterocycles. The number of thiocarbonyl (C=S) groups is 1. The van der Waals surface area contributed by atoms with Crippen LogP contribution in [0.15, 0.2) is 24.3 Å². The number of hydrogen-bond donors (Lipinski definition) is 5. The van der Waals surface area contributed by atoms with E-state index >= 15 is 0 Å². The van der Waals surface area contributed by atoms with Gasteiger partial charge in [-0.3, -0.25) is 10.6 Å². The van der Waals surface area contributed by atoms with Crippen LogP contribution in [0.1, 0.15) is 38.2 Å². The highest BCUT2D eigenvalue weighted by molar-refractivity contribution is 7.80. The molecular weight excluding hydrogens is 420 g/mol. The van der Waals surface area contributed by atoms with Gasteiger partial charge in [-0.1, -0.05) is 18.2 Å². The average molecular weight is 459 g/mol. The first-order valence-corrected chi connectivity index (χ1v) is 12.8. The lowest BCUT2D eigenvalue weighted by atomic mass is 9.76. The van der Waals surface area contributed by atoms with Crippen molar-refractivity contribution in [3.05, 3.63) is 29.8 Å². The first-order chi connectivity index (χ1) is 15.7. The van der Waals surface area contributed by atoms with Crippen molar-refractivity contribution in [2.24, 2.45) is 11.8 Å². The molecule has 4 fully saturated rings. The van der Waals surface area contributed by atoms with Crippen molar-refractivity contribution in [2.45, 2.75) is 63.4 Å². The molecule has 0 amide bonds. The topological polar surface area (TPSA) is 74.8 Å². The Labute approximate surface area is 197 Å². The van der Waals surface area contributed by atoms with Gasteiger partial charge in [-0.2, -0.15) is 0 Å². The molecule has 5 rings (SSSR count). The van der Waals surface area contributed by atoms with E-state index in [-0.39, 0.29) is 0 Å². The van der Waals surface area contributed by atoms with E-state index in [1.165, 1.54) is 11.3 Å². The van der Waals surface area contributed by atoms with Crippen molar-refractivity contribution >= 4 is 23.0 Å². The molecule has 7 nitrogen and oxygen atoms in total. The molecule has 176 valence electrons. The Bertz CT molecular complexity index is 800. The Balaban J connectivity index is 1.24. The molecule has 1 aromatic rings. The summed E-state index contributed by atoms with van der Waals surface area (Å²) in [4.78, 5) is 4.87.